The number of benzene rings is 3. The van der Waals surface area contributed by atoms with Gasteiger partial charge in [-0.3, -0.25) is 14.6 Å². The second kappa shape index (κ2) is 10.2. The first kappa shape index (κ1) is 23.0. The fourth-order valence-corrected chi connectivity index (χ4v) is 4.00. The van der Waals surface area contributed by atoms with E-state index >= 15 is 0 Å². The van der Waals surface area contributed by atoms with Crippen molar-refractivity contribution in [3.8, 4) is 0 Å². The molecule has 3 aromatic rings. The van der Waals surface area contributed by atoms with Crippen molar-refractivity contribution in [2.45, 2.75) is 19.3 Å². The highest BCUT2D eigenvalue weighted by atomic mass is 19.4. The maximum atomic E-state index is 13.2. The van der Waals surface area contributed by atoms with Crippen molar-refractivity contribution in [2.75, 3.05) is 31.5 Å². The topological polar surface area (TPSA) is 35.6 Å². The maximum absolute atomic E-state index is 13.2. The largest absolute Gasteiger partial charge is 0.418 e. The lowest BCUT2D eigenvalue weighted by atomic mass is 10.1. The minimum absolute atomic E-state index is 0.243. The first-order chi connectivity index (χ1) is 15.9. The quantitative estimate of drug-likeness (QED) is 0.552. The lowest BCUT2D eigenvalue weighted by Gasteiger charge is -2.34. The zero-order valence-electron chi connectivity index (χ0n) is 18.2. The minimum Gasteiger partial charge on any atom is -0.321 e. The van der Waals surface area contributed by atoms with Gasteiger partial charge in [0.2, 0.25) is 0 Å². The summed E-state index contributed by atoms with van der Waals surface area (Å²) in [6, 6.07) is 22.5. The predicted octanol–water partition coefficient (Wildman–Crippen LogP) is 5.28. The van der Waals surface area contributed by atoms with Gasteiger partial charge in [-0.1, -0.05) is 54.6 Å². The van der Waals surface area contributed by atoms with E-state index < -0.39 is 17.6 Å². The Hall–Kier alpha value is -3.16. The van der Waals surface area contributed by atoms with E-state index in [1.807, 2.05) is 18.2 Å². The lowest BCUT2D eigenvalue weighted by molar-refractivity contribution is -0.136. The zero-order valence-corrected chi connectivity index (χ0v) is 18.2. The van der Waals surface area contributed by atoms with E-state index in [-0.39, 0.29) is 5.69 Å². The van der Waals surface area contributed by atoms with Crippen LogP contribution in [0.5, 0.6) is 0 Å². The van der Waals surface area contributed by atoms with Crippen LogP contribution in [0.2, 0.25) is 0 Å². The van der Waals surface area contributed by atoms with Crippen LogP contribution in [0, 0.1) is 0 Å². The number of nitrogens with one attached hydrogen (secondary N) is 1. The number of amides is 1. The van der Waals surface area contributed by atoms with Gasteiger partial charge in [0.05, 0.1) is 11.3 Å². The molecule has 3 aromatic carbocycles. The predicted molar refractivity (Wildman–Crippen MR) is 123 cm³/mol. The first-order valence-corrected chi connectivity index (χ1v) is 10.9. The minimum atomic E-state index is -4.53. The van der Waals surface area contributed by atoms with Gasteiger partial charge < -0.3 is 5.32 Å². The molecule has 33 heavy (non-hydrogen) atoms. The Bertz CT molecular complexity index is 1060. The van der Waals surface area contributed by atoms with E-state index in [1.165, 1.54) is 23.8 Å². The molecule has 1 N–H and O–H groups in total. The molecule has 0 radical (unpaired) electrons. The third-order valence-electron chi connectivity index (χ3n) is 5.82. The Morgan fingerprint density at radius 3 is 1.82 bits per heavy atom. The number of hydrogen-bond acceptors (Lipinski definition) is 3. The molecule has 0 aliphatic carbocycles. The molecule has 172 valence electrons. The van der Waals surface area contributed by atoms with Gasteiger partial charge in [0.1, 0.15) is 0 Å². The summed E-state index contributed by atoms with van der Waals surface area (Å²) in [7, 11) is 0. The molecule has 1 fully saturated rings. The Morgan fingerprint density at radius 1 is 0.727 bits per heavy atom. The fourth-order valence-electron chi connectivity index (χ4n) is 4.00. The molecule has 1 amide bonds. The average molecular weight is 454 g/mol. The van der Waals surface area contributed by atoms with Gasteiger partial charge in [-0.25, -0.2) is 0 Å². The van der Waals surface area contributed by atoms with Gasteiger partial charge >= 0.3 is 6.18 Å². The van der Waals surface area contributed by atoms with Crippen molar-refractivity contribution >= 4 is 11.6 Å². The third-order valence-corrected chi connectivity index (χ3v) is 5.82. The van der Waals surface area contributed by atoms with E-state index in [9.17, 15) is 18.0 Å². The summed E-state index contributed by atoms with van der Waals surface area (Å²) in [6.07, 6.45) is -4.53. The van der Waals surface area contributed by atoms with E-state index in [1.54, 1.807) is 12.1 Å². The maximum Gasteiger partial charge on any atom is 0.418 e. The Balaban J connectivity index is 1.30. The number of para-hydroxylation sites is 1. The summed E-state index contributed by atoms with van der Waals surface area (Å²) >= 11 is 0. The zero-order chi connectivity index (χ0) is 23.3. The van der Waals surface area contributed by atoms with Gasteiger partial charge in [0.25, 0.3) is 5.91 Å². The molecule has 4 rings (SSSR count). The second-order valence-electron chi connectivity index (χ2n) is 8.23. The van der Waals surface area contributed by atoms with Gasteiger partial charge in [0.15, 0.2) is 0 Å². The number of nitrogens with zero attached hydrogens (tertiary/aromatic N) is 2. The Morgan fingerprint density at radius 2 is 1.24 bits per heavy atom. The van der Waals surface area contributed by atoms with Gasteiger partial charge in [-0.05, 0) is 35.4 Å². The molecule has 0 spiro atoms. The van der Waals surface area contributed by atoms with Gasteiger partial charge in [-0.2, -0.15) is 13.2 Å². The number of carbonyl (C=O) groups is 1. The molecule has 1 saturated heterocycles. The lowest BCUT2D eigenvalue weighted by Crippen LogP contribution is -2.45. The molecule has 0 atom stereocenters. The van der Waals surface area contributed by atoms with Crippen molar-refractivity contribution in [1.29, 1.82) is 0 Å². The molecule has 1 aliphatic heterocycles. The average Bonchev–Trinajstić information content (AvgIpc) is 2.81. The number of alkyl halides is 3. The van der Waals surface area contributed by atoms with E-state index in [2.05, 4.69) is 39.4 Å². The highest BCUT2D eigenvalue weighted by Gasteiger charge is 2.33. The van der Waals surface area contributed by atoms with Crippen LogP contribution >= 0.6 is 0 Å². The van der Waals surface area contributed by atoms with Crippen LogP contribution in [0.15, 0.2) is 78.9 Å². The summed E-state index contributed by atoms with van der Waals surface area (Å²) in [6.45, 7) is 5.64. The number of anilines is 1. The summed E-state index contributed by atoms with van der Waals surface area (Å²) in [5.41, 5.74) is 1.61. The molecule has 0 saturated carbocycles. The van der Waals surface area contributed by atoms with Gasteiger partial charge in [0, 0.05) is 44.8 Å². The van der Waals surface area contributed by atoms with Crippen molar-refractivity contribution in [1.82, 2.24) is 9.80 Å². The highest BCUT2D eigenvalue weighted by Crippen LogP contribution is 2.34. The van der Waals surface area contributed by atoms with Crippen LogP contribution in [0.1, 0.15) is 27.0 Å². The molecular weight excluding hydrogens is 427 g/mol. The second-order valence-corrected chi connectivity index (χ2v) is 8.23. The molecule has 0 bridgehead atoms. The monoisotopic (exact) mass is 453 g/mol. The number of halogens is 3. The summed E-state index contributed by atoms with van der Waals surface area (Å²) in [4.78, 5) is 17.3. The van der Waals surface area contributed by atoms with Crippen molar-refractivity contribution < 1.29 is 18.0 Å². The van der Waals surface area contributed by atoms with Crippen molar-refractivity contribution in [2.24, 2.45) is 0 Å². The Labute approximate surface area is 191 Å². The molecule has 4 nitrogen and oxygen atoms in total. The number of hydrogen-bond donors (Lipinski definition) is 1. The number of rotatable bonds is 6. The van der Waals surface area contributed by atoms with Crippen LogP contribution in [-0.2, 0) is 19.3 Å². The van der Waals surface area contributed by atoms with Gasteiger partial charge in [-0.15, -0.1) is 0 Å². The number of piperazine rings is 1. The Kier molecular flexibility index (Phi) is 7.11. The summed E-state index contributed by atoms with van der Waals surface area (Å²) < 4.78 is 39.5. The summed E-state index contributed by atoms with van der Waals surface area (Å²) in [5.74, 6) is -0.562. The van der Waals surface area contributed by atoms with Crippen LogP contribution in [0.3, 0.4) is 0 Å². The molecule has 7 heteroatoms. The van der Waals surface area contributed by atoms with Crippen molar-refractivity contribution in [3.05, 3.63) is 101 Å². The molecule has 1 aliphatic rings. The molecular formula is C26H26F3N3O. The smallest absolute Gasteiger partial charge is 0.321 e. The van der Waals surface area contributed by atoms with Crippen molar-refractivity contribution in [3.63, 3.8) is 0 Å². The SMILES string of the molecule is O=C(Nc1ccccc1C(F)(F)F)c1ccc(CN2CCN(Cc3ccccc3)CC2)cc1. The normalized spacial score (nSPS) is 15.4. The molecule has 0 aromatic heterocycles. The van der Waals surface area contributed by atoms with Crippen LogP contribution < -0.4 is 5.32 Å². The highest BCUT2D eigenvalue weighted by molar-refractivity contribution is 6.04. The number of carbonyl (C=O) groups excluding carboxylic acids is 1. The third kappa shape index (κ3) is 6.21. The molecule has 1 heterocycles. The van der Waals surface area contributed by atoms with Crippen LogP contribution in [0.4, 0.5) is 18.9 Å². The standard InChI is InChI=1S/C26H26F3N3O/c27-26(28,29)23-8-4-5-9-24(23)30-25(33)22-12-10-21(11-13-22)19-32-16-14-31(15-17-32)18-20-6-2-1-3-7-20/h1-13H,14-19H2,(H,30,33). The molecule has 0 unspecified atom stereocenters. The first-order valence-electron chi connectivity index (χ1n) is 10.9. The van der Waals surface area contributed by atoms with E-state index in [0.717, 1.165) is 50.9 Å². The fraction of sp³-hybridized carbons (Fsp3) is 0.269. The van der Waals surface area contributed by atoms with E-state index in [4.69, 9.17) is 0 Å². The van der Waals surface area contributed by atoms with Crippen LogP contribution in [-0.4, -0.2) is 41.9 Å². The van der Waals surface area contributed by atoms with Crippen LogP contribution in [0.25, 0.3) is 0 Å². The van der Waals surface area contributed by atoms with E-state index in [0.29, 0.717) is 5.56 Å². The summed E-state index contributed by atoms with van der Waals surface area (Å²) in [5, 5.41) is 2.38.